The summed E-state index contributed by atoms with van der Waals surface area (Å²) in [5, 5.41) is 15.7. The predicted molar refractivity (Wildman–Crippen MR) is 145 cm³/mol. The van der Waals surface area contributed by atoms with Gasteiger partial charge < -0.3 is 29.2 Å². The molecular weight excluding hydrogens is 490 g/mol. The summed E-state index contributed by atoms with van der Waals surface area (Å²) >= 11 is 0. The Hall–Kier alpha value is -4.71. The molecule has 0 radical (unpaired) electrons. The number of nitrogens with zero attached hydrogens (tertiary/aromatic N) is 6. The minimum absolute atomic E-state index is 0.0789. The lowest BCUT2D eigenvalue weighted by atomic mass is 10.2. The van der Waals surface area contributed by atoms with Crippen LogP contribution in [0.1, 0.15) is 10.4 Å². The molecule has 0 fully saturated rings. The molecule has 0 amide bonds. The number of nitro benzene ring substituents is 1. The lowest BCUT2D eigenvalue weighted by molar-refractivity contribution is -0.384. The largest absolute Gasteiger partial charge is 0.494 e. The van der Waals surface area contributed by atoms with Gasteiger partial charge in [0.25, 0.3) is 5.69 Å². The third-order valence-corrected chi connectivity index (χ3v) is 6.04. The molecule has 2 aromatic heterocycles. The van der Waals surface area contributed by atoms with Crippen LogP contribution in [0.15, 0.2) is 54.9 Å². The summed E-state index contributed by atoms with van der Waals surface area (Å²) in [4.78, 5) is 36.5. The number of carbonyl (C=O) groups excluding carboxylic acids is 1. The molecule has 2 aromatic carbocycles. The second-order valence-corrected chi connectivity index (χ2v) is 8.81. The number of hydrogen-bond donors (Lipinski definition) is 1. The number of likely N-dealkylation sites (N-methyl/N-ethyl adjacent to an activating group) is 2. The Labute approximate surface area is 219 Å². The summed E-state index contributed by atoms with van der Waals surface area (Å²) in [5.41, 5.74) is 1.86. The Balaban J connectivity index is 1.72. The van der Waals surface area contributed by atoms with Gasteiger partial charge in [-0.25, -0.2) is 9.78 Å². The van der Waals surface area contributed by atoms with Crippen LogP contribution in [-0.4, -0.2) is 78.8 Å². The van der Waals surface area contributed by atoms with Gasteiger partial charge in [-0.1, -0.05) is 18.2 Å². The Morgan fingerprint density at radius 3 is 2.58 bits per heavy atom. The minimum atomic E-state index is -0.458. The molecule has 0 unspecified atom stereocenters. The summed E-state index contributed by atoms with van der Waals surface area (Å²) in [6, 6.07) is 12.1. The van der Waals surface area contributed by atoms with Gasteiger partial charge in [0.1, 0.15) is 17.3 Å². The fourth-order valence-corrected chi connectivity index (χ4v) is 4.05. The molecule has 2 heterocycles. The fraction of sp³-hybridized carbons (Fsp3) is 0.269. The average Bonchev–Trinajstić information content (AvgIpc) is 3.31. The second kappa shape index (κ2) is 11.1. The predicted octanol–water partition coefficient (Wildman–Crippen LogP) is 3.87. The second-order valence-electron chi connectivity index (χ2n) is 8.81. The highest BCUT2D eigenvalue weighted by atomic mass is 16.6. The monoisotopic (exact) mass is 519 g/mol. The Morgan fingerprint density at radius 1 is 1.13 bits per heavy atom. The van der Waals surface area contributed by atoms with E-state index in [-0.39, 0.29) is 11.6 Å². The first-order chi connectivity index (χ1) is 18.2. The third-order valence-electron chi connectivity index (χ3n) is 6.04. The zero-order chi connectivity index (χ0) is 27.4. The normalized spacial score (nSPS) is 11.0. The third kappa shape index (κ3) is 5.34. The van der Waals surface area contributed by atoms with Gasteiger partial charge in [0.2, 0.25) is 5.95 Å². The first-order valence-electron chi connectivity index (χ1n) is 11.7. The number of aromatic nitrogens is 3. The van der Waals surface area contributed by atoms with Crippen molar-refractivity contribution in [2.45, 2.75) is 0 Å². The topological polar surface area (TPSA) is 128 Å². The molecule has 0 aliphatic rings. The van der Waals surface area contributed by atoms with Crippen molar-refractivity contribution >= 4 is 39.9 Å². The molecule has 0 aliphatic heterocycles. The van der Waals surface area contributed by atoms with E-state index in [1.165, 1.54) is 20.3 Å². The molecule has 0 bridgehead atoms. The highest BCUT2D eigenvalue weighted by molar-refractivity contribution is 6.04. The number of fused-ring (bicyclic) bond motifs is 1. The summed E-state index contributed by atoms with van der Waals surface area (Å²) in [5.74, 6) is 0.624. The van der Waals surface area contributed by atoms with E-state index in [4.69, 9.17) is 9.47 Å². The molecule has 0 saturated heterocycles. The molecule has 4 rings (SSSR count). The highest BCUT2D eigenvalue weighted by Crippen LogP contribution is 2.39. The van der Waals surface area contributed by atoms with Crippen molar-refractivity contribution < 1.29 is 19.2 Å². The summed E-state index contributed by atoms with van der Waals surface area (Å²) in [6.45, 7) is 1.32. The standard InChI is InChI=1S/C26H29N7O5/c1-30(2)12-13-31(3)21-15-23(37-4)19(14-22(21)33(35)36)28-26-27-11-10-24(29-26)32-16-18(25(34)38-5)17-8-6-7-9-20(17)32/h6-11,14-16H,12-13H2,1-5H3,(H,27,28,29). The van der Waals surface area contributed by atoms with E-state index in [0.717, 1.165) is 17.4 Å². The molecule has 1 N–H and O–H groups in total. The molecule has 0 spiro atoms. The number of esters is 1. The van der Waals surface area contributed by atoms with Gasteiger partial charge in [-0.05, 0) is 26.2 Å². The van der Waals surface area contributed by atoms with Crippen LogP contribution >= 0.6 is 0 Å². The number of benzene rings is 2. The van der Waals surface area contributed by atoms with Crippen LogP contribution in [-0.2, 0) is 4.74 Å². The van der Waals surface area contributed by atoms with Crippen molar-refractivity contribution in [1.29, 1.82) is 0 Å². The average molecular weight is 520 g/mol. The summed E-state index contributed by atoms with van der Waals surface area (Å²) in [7, 11) is 8.51. The Bertz CT molecular complexity index is 1480. The molecule has 0 atom stereocenters. The van der Waals surface area contributed by atoms with Gasteiger partial charge in [0.05, 0.1) is 35.9 Å². The fourth-order valence-electron chi connectivity index (χ4n) is 4.05. The quantitative estimate of drug-likeness (QED) is 0.187. The number of carbonyl (C=O) groups is 1. The van der Waals surface area contributed by atoms with Crippen molar-refractivity contribution in [2.75, 3.05) is 58.7 Å². The van der Waals surface area contributed by atoms with Crippen molar-refractivity contribution in [1.82, 2.24) is 19.4 Å². The van der Waals surface area contributed by atoms with E-state index in [2.05, 4.69) is 15.3 Å². The van der Waals surface area contributed by atoms with E-state index in [9.17, 15) is 14.9 Å². The van der Waals surface area contributed by atoms with Gasteiger partial charge in [0, 0.05) is 50.0 Å². The summed E-state index contributed by atoms with van der Waals surface area (Å²) in [6.07, 6.45) is 3.22. The van der Waals surface area contributed by atoms with Crippen LogP contribution in [0.3, 0.4) is 0 Å². The number of hydrogen-bond acceptors (Lipinski definition) is 10. The van der Waals surface area contributed by atoms with E-state index in [0.29, 0.717) is 35.1 Å². The molecule has 12 heteroatoms. The van der Waals surface area contributed by atoms with E-state index in [1.807, 2.05) is 48.2 Å². The van der Waals surface area contributed by atoms with Gasteiger partial charge in [0.15, 0.2) is 0 Å². The maximum atomic E-state index is 12.3. The zero-order valence-electron chi connectivity index (χ0n) is 21.8. The first-order valence-corrected chi connectivity index (χ1v) is 11.7. The molecule has 0 saturated carbocycles. The highest BCUT2D eigenvalue weighted by Gasteiger charge is 2.23. The number of anilines is 3. The zero-order valence-corrected chi connectivity index (χ0v) is 21.8. The van der Waals surface area contributed by atoms with Crippen LogP contribution < -0.4 is 15.0 Å². The number of methoxy groups -OCH3 is 2. The van der Waals surface area contributed by atoms with Gasteiger partial charge in [-0.2, -0.15) is 4.98 Å². The van der Waals surface area contributed by atoms with E-state index < -0.39 is 10.9 Å². The van der Waals surface area contributed by atoms with Crippen LogP contribution in [0.2, 0.25) is 0 Å². The van der Waals surface area contributed by atoms with Gasteiger partial charge in [-0.15, -0.1) is 0 Å². The first kappa shape index (κ1) is 26.4. The maximum absolute atomic E-state index is 12.3. The molecule has 198 valence electrons. The van der Waals surface area contributed by atoms with Gasteiger partial charge >= 0.3 is 5.97 Å². The number of nitrogens with one attached hydrogen (secondary N) is 1. The molecule has 4 aromatic rings. The lowest BCUT2D eigenvalue weighted by Gasteiger charge is -2.22. The number of para-hydroxylation sites is 1. The van der Waals surface area contributed by atoms with Crippen LogP contribution in [0.4, 0.5) is 23.0 Å². The van der Waals surface area contributed by atoms with Crippen LogP contribution in [0.25, 0.3) is 16.7 Å². The van der Waals surface area contributed by atoms with Crippen molar-refractivity contribution in [3.8, 4) is 11.6 Å². The number of nitro groups is 1. The van der Waals surface area contributed by atoms with Gasteiger partial charge in [-0.3, -0.25) is 10.1 Å². The lowest BCUT2D eigenvalue weighted by Crippen LogP contribution is -2.28. The maximum Gasteiger partial charge on any atom is 0.340 e. The minimum Gasteiger partial charge on any atom is -0.494 e. The Morgan fingerprint density at radius 2 is 1.89 bits per heavy atom. The molecular formula is C26H29N7O5. The van der Waals surface area contributed by atoms with Crippen molar-refractivity contribution in [2.24, 2.45) is 0 Å². The summed E-state index contributed by atoms with van der Waals surface area (Å²) < 4.78 is 12.2. The Kier molecular flexibility index (Phi) is 7.72. The SMILES string of the molecule is COC(=O)c1cn(-c2ccnc(Nc3cc([N+](=O)[O-])c(N(C)CCN(C)C)cc3OC)n2)c2ccccc12. The van der Waals surface area contributed by atoms with Crippen molar-refractivity contribution in [3.05, 3.63) is 70.5 Å². The molecule has 0 aliphatic carbocycles. The molecule has 38 heavy (non-hydrogen) atoms. The number of rotatable bonds is 10. The van der Waals surface area contributed by atoms with E-state index >= 15 is 0 Å². The van der Waals surface area contributed by atoms with E-state index in [1.54, 1.807) is 36.1 Å². The van der Waals surface area contributed by atoms with Crippen molar-refractivity contribution in [3.63, 3.8) is 0 Å². The molecule has 12 nitrogen and oxygen atoms in total. The van der Waals surface area contributed by atoms with Crippen LogP contribution in [0.5, 0.6) is 5.75 Å². The number of ether oxygens (including phenoxy) is 2. The van der Waals surface area contributed by atoms with Crippen LogP contribution in [0, 0.1) is 10.1 Å². The smallest absolute Gasteiger partial charge is 0.340 e.